The Morgan fingerprint density at radius 2 is 2.53 bits per heavy atom. The molecule has 0 N–H and O–H groups in total. The third-order valence-electron chi connectivity index (χ3n) is 2.62. The van der Waals surface area contributed by atoms with Crippen molar-refractivity contribution in [3.63, 3.8) is 0 Å². The van der Waals surface area contributed by atoms with E-state index in [9.17, 15) is 0 Å². The summed E-state index contributed by atoms with van der Waals surface area (Å²) in [6.07, 6.45) is 3.97. The molecule has 1 fully saturated rings. The van der Waals surface area contributed by atoms with Crippen LogP contribution in [0, 0.1) is 6.92 Å². The van der Waals surface area contributed by atoms with Crippen molar-refractivity contribution >= 4 is 17.4 Å². The highest BCUT2D eigenvalue weighted by Crippen LogP contribution is 2.35. The van der Waals surface area contributed by atoms with Crippen molar-refractivity contribution in [3.8, 4) is 0 Å². The molecule has 2 aromatic rings. The van der Waals surface area contributed by atoms with Crippen molar-refractivity contribution in [1.29, 1.82) is 0 Å². The van der Waals surface area contributed by atoms with Crippen LogP contribution in [0.25, 0.3) is 5.65 Å². The molecule has 0 radical (unpaired) electrons. The molecule has 1 aliphatic heterocycles. The van der Waals surface area contributed by atoms with Crippen LogP contribution < -0.4 is 0 Å². The Labute approximate surface area is 92.5 Å². The summed E-state index contributed by atoms with van der Waals surface area (Å²) in [6, 6.07) is 4.13. The normalized spacial score (nSPS) is 21.3. The minimum Gasteiger partial charge on any atom is -0.360 e. The number of imidazole rings is 1. The van der Waals surface area contributed by atoms with Crippen molar-refractivity contribution < 1.29 is 4.74 Å². The van der Waals surface area contributed by atoms with Crippen LogP contribution in [0.3, 0.4) is 0 Å². The van der Waals surface area contributed by atoms with E-state index in [0.29, 0.717) is 0 Å². The molecule has 0 aromatic carbocycles. The number of pyridine rings is 1. The summed E-state index contributed by atoms with van der Waals surface area (Å²) in [5, 5.41) is 0. The Bertz CT molecular complexity index is 488. The number of hydrogen-bond donors (Lipinski definition) is 0. The smallest absolute Gasteiger partial charge is 0.145 e. The van der Waals surface area contributed by atoms with E-state index in [1.165, 1.54) is 5.56 Å². The van der Waals surface area contributed by atoms with Gasteiger partial charge in [0.2, 0.25) is 0 Å². The number of nitrogens with zero attached hydrogens (tertiary/aromatic N) is 2. The van der Waals surface area contributed by atoms with Gasteiger partial charge in [-0.3, -0.25) is 0 Å². The first-order valence-electron chi connectivity index (χ1n) is 5.02. The molecule has 4 heteroatoms. The van der Waals surface area contributed by atoms with Crippen molar-refractivity contribution in [2.24, 2.45) is 0 Å². The highest BCUT2D eigenvalue weighted by atomic mass is 32.2. The molecular formula is C11H12N2OS. The molecule has 0 aliphatic carbocycles. The van der Waals surface area contributed by atoms with E-state index in [-0.39, 0.29) is 5.44 Å². The van der Waals surface area contributed by atoms with Crippen LogP contribution in [0.2, 0.25) is 0 Å². The van der Waals surface area contributed by atoms with Gasteiger partial charge in [-0.25, -0.2) is 4.98 Å². The molecule has 15 heavy (non-hydrogen) atoms. The van der Waals surface area contributed by atoms with Crippen molar-refractivity contribution in [2.75, 3.05) is 12.4 Å². The molecule has 3 heterocycles. The minimum absolute atomic E-state index is 0.154. The molecule has 0 bridgehead atoms. The SMILES string of the molecule is Cc1cccn2c(C3OCCS3)cnc12. The van der Waals surface area contributed by atoms with Gasteiger partial charge in [-0.2, -0.15) is 0 Å². The van der Waals surface area contributed by atoms with Gasteiger partial charge in [0.25, 0.3) is 0 Å². The Balaban J connectivity index is 2.15. The second-order valence-corrected chi connectivity index (χ2v) is 4.81. The number of aryl methyl sites for hydroxylation is 1. The summed E-state index contributed by atoms with van der Waals surface area (Å²) in [6.45, 7) is 2.92. The van der Waals surface area contributed by atoms with Crippen molar-refractivity contribution in [2.45, 2.75) is 12.4 Å². The van der Waals surface area contributed by atoms with Crippen LogP contribution in [0.5, 0.6) is 0 Å². The van der Waals surface area contributed by atoms with Gasteiger partial charge in [0.15, 0.2) is 0 Å². The lowest BCUT2D eigenvalue weighted by Crippen LogP contribution is -1.98. The van der Waals surface area contributed by atoms with Gasteiger partial charge in [0, 0.05) is 11.9 Å². The summed E-state index contributed by atoms with van der Waals surface area (Å²) in [4.78, 5) is 4.43. The summed E-state index contributed by atoms with van der Waals surface area (Å²) in [5.41, 5.74) is 3.54. The quantitative estimate of drug-likeness (QED) is 0.738. The van der Waals surface area contributed by atoms with E-state index >= 15 is 0 Å². The van der Waals surface area contributed by atoms with Gasteiger partial charge in [0.1, 0.15) is 11.1 Å². The molecule has 0 amide bonds. The molecular weight excluding hydrogens is 208 g/mol. The lowest BCUT2D eigenvalue weighted by Gasteiger charge is -2.08. The Kier molecular flexibility index (Phi) is 2.18. The minimum atomic E-state index is 0.154. The van der Waals surface area contributed by atoms with E-state index in [2.05, 4.69) is 22.4 Å². The number of rotatable bonds is 1. The number of aromatic nitrogens is 2. The Morgan fingerprint density at radius 3 is 3.33 bits per heavy atom. The molecule has 3 nitrogen and oxygen atoms in total. The monoisotopic (exact) mass is 220 g/mol. The predicted octanol–water partition coefficient (Wildman–Crippen LogP) is 2.40. The molecule has 0 saturated carbocycles. The summed E-state index contributed by atoms with van der Waals surface area (Å²) in [5.74, 6) is 1.07. The first kappa shape index (κ1) is 9.24. The van der Waals surface area contributed by atoms with Crippen LogP contribution in [0.1, 0.15) is 16.7 Å². The lowest BCUT2D eigenvalue weighted by atomic mass is 10.3. The molecule has 1 aliphatic rings. The fourth-order valence-electron chi connectivity index (χ4n) is 1.87. The van der Waals surface area contributed by atoms with Gasteiger partial charge < -0.3 is 9.14 Å². The fourth-order valence-corrected chi connectivity index (χ4v) is 2.82. The molecule has 1 saturated heterocycles. The highest BCUT2D eigenvalue weighted by molar-refractivity contribution is 7.99. The Hall–Kier alpha value is -1.00. The molecule has 1 unspecified atom stereocenters. The molecule has 2 aromatic heterocycles. The number of fused-ring (bicyclic) bond motifs is 1. The molecule has 1 atom stereocenters. The van der Waals surface area contributed by atoms with Crippen LogP contribution in [0.15, 0.2) is 24.5 Å². The second kappa shape index (κ2) is 3.54. The molecule has 0 spiro atoms. The summed E-state index contributed by atoms with van der Waals surface area (Å²) < 4.78 is 7.77. The van der Waals surface area contributed by atoms with Gasteiger partial charge in [-0.1, -0.05) is 6.07 Å². The average molecular weight is 220 g/mol. The topological polar surface area (TPSA) is 26.5 Å². The average Bonchev–Trinajstić information content (AvgIpc) is 2.85. The highest BCUT2D eigenvalue weighted by Gasteiger charge is 2.21. The molecule has 78 valence electrons. The molecule has 3 rings (SSSR count). The Morgan fingerprint density at radius 1 is 1.60 bits per heavy atom. The van der Waals surface area contributed by atoms with E-state index in [4.69, 9.17) is 4.74 Å². The van der Waals surface area contributed by atoms with Crippen molar-refractivity contribution in [3.05, 3.63) is 35.8 Å². The van der Waals surface area contributed by atoms with Crippen molar-refractivity contribution in [1.82, 2.24) is 9.38 Å². The van der Waals surface area contributed by atoms with E-state index in [1.54, 1.807) is 0 Å². The third kappa shape index (κ3) is 1.44. The number of thioether (sulfide) groups is 1. The zero-order chi connectivity index (χ0) is 10.3. The van der Waals surface area contributed by atoms with Crippen LogP contribution >= 0.6 is 11.8 Å². The fraction of sp³-hybridized carbons (Fsp3) is 0.364. The maximum absolute atomic E-state index is 5.65. The summed E-state index contributed by atoms with van der Waals surface area (Å²) >= 11 is 1.84. The predicted molar refractivity (Wildman–Crippen MR) is 61.1 cm³/mol. The first-order chi connectivity index (χ1) is 7.36. The zero-order valence-electron chi connectivity index (χ0n) is 8.51. The maximum atomic E-state index is 5.65. The van der Waals surface area contributed by atoms with E-state index < -0.39 is 0 Å². The lowest BCUT2D eigenvalue weighted by molar-refractivity contribution is 0.141. The first-order valence-corrected chi connectivity index (χ1v) is 6.07. The largest absolute Gasteiger partial charge is 0.360 e. The van der Waals surface area contributed by atoms with Crippen LogP contribution in [0.4, 0.5) is 0 Å². The van der Waals surface area contributed by atoms with Gasteiger partial charge >= 0.3 is 0 Å². The van der Waals surface area contributed by atoms with E-state index in [1.807, 2.05) is 30.2 Å². The number of hydrogen-bond acceptors (Lipinski definition) is 3. The van der Waals surface area contributed by atoms with Crippen LogP contribution in [-0.2, 0) is 4.74 Å². The summed E-state index contributed by atoms with van der Waals surface area (Å²) in [7, 11) is 0. The standard InChI is InChI=1S/C11H12N2OS/c1-8-3-2-4-13-9(7-12-10(8)13)11-14-5-6-15-11/h2-4,7,11H,5-6H2,1H3. The maximum Gasteiger partial charge on any atom is 0.145 e. The van der Waals surface area contributed by atoms with Gasteiger partial charge in [-0.05, 0) is 18.6 Å². The third-order valence-corrected chi connectivity index (χ3v) is 3.71. The van der Waals surface area contributed by atoms with E-state index in [0.717, 1.165) is 23.7 Å². The van der Waals surface area contributed by atoms with Gasteiger partial charge in [-0.15, -0.1) is 11.8 Å². The van der Waals surface area contributed by atoms with Gasteiger partial charge in [0.05, 0.1) is 18.5 Å². The zero-order valence-corrected chi connectivity index (χ0v) is 9.33. The van der Waals surface area contributed by atoms with Crippen LogP contribution in [-0.4, -0.2) is 21.7 Å². The number of ether oxygens (including phenoxy) is 1. The second-order valence-electron chi connectivity index (χ2n) is 3.64.